The number of nitrogens with zero attached hydrogens (tertiary/aromatic N) is 1. The summed E-state index contributed by atoms with van der Waals surface area (Å²) >= 11 is 0. The normalized spacial score (nSPS) is 19.2. The monoisotopic (exact) mass is 314 g/mol. The summed E-state index contributed by atoms with van der Waals surface area (Å²) in [6, 6.07) is 7.84. The number of hydrogen-bond donors (Lipinski definition) is 2. The van der Waals surface area contributed by atoms with E-state index in [1.54, 1.807) is 30.5 Å². The van der Waals surface area contributed by atoms with E-state index in [-0.39, 0.29) is 5.92 Å². The largest absolute Gasteiger partial charge is 0.480 e. The van der Waals surface area contributed by atoms with Gasteiger partial charge in [0.25, 0.3) is 5.91 Å². The second-order valence-corrected chi connectivity index (χ2v) is 5.68. The third-order valence-corrected chi connectivity index (χ3v) is 4.08. The lowest BCUT2D eigenvalue weighted by Crippen LogP contribution is -2.48. The smallest absolute Gasteiger partial charge is 0.326 e. The third-order valence-electron chi connectivity index (χ3n) is 4.08. The van der Waals surface area contributed by atoms with Crippen molar-refractivity contribution < 1.29 is 19.4 Å². The molecule has 6 nitrogen and oxygen atoms in total. The SMILES string of the molecule is O=C(NC(C(=O)O)C1CCCOC1)c1ccc2ncccc2c1. The predicted octanol–water partition coefficient (Wildman–Crippen LogP) is 1.84. The fourth-order valence-electron chi connectivity index (χ4n) is 2.85. The number of nitrogens with one attached hydrogen (secondary N) is 1. The molecule has 1 aromatic heterocycles. The van der Waals surface area contributed by atoms with E-state index in [9.17, 15) is 14.7 Å². The zero-order valence-corrected chi connectivity index (χ0v) is 12.6. The maximum atomic E-state index is 12.4. The summed E-state index contributed by atoms with van der Waals surface area (Å²) in [7, 11) is 0. The topological polar surface area (TPSA) is 88.5 Å². The Morgan fingerprint density at radius 3 is 2.96 bits per heavy atom. The van der Waals surface area contributed by atoms with Crippen LogP contribution in [0.2, 0.25) is 0 Å². The summed E-state index contributed by atoms with van der Waals surface area (Å²) in [6.45, 7) is 1.01. The molecule has 1 aliphatic heterocycles. The predicted molar refractivity (Wildman–Crippen MR) is 84.2 cm³/mol. The average Bonchev–Trinajstić information content (AvgIpc) is 2.59. The molecule has 2 heterocycles. The van der Waals surface area contributed by atoms with E-state index in [1.165, 1.54) is 0 Å². The molecule has 2 aromatic rings. The van der Waals surface area contributed by atoms with Crippen LogP contribution in [0.3, 0.4) is 0 Å². The molecule has 0 saturated carbocycles. The lowest BCUT2D eigenvalue weighted by Gasteiger charge is -2.28. The number of ether oxygens (including phenoxy) is 1. The quantitative estimate of drug-likeness (QED) is 0.899. The van der Waals surface area contributed by atoms with E-state index in [0.717, 1.165) is 23.7 Å². The van der Waals surface area contributed by atoms with Gasteiger partial charge in [0.15, 0.2) is 0 Å². The van der Waals surface area contributed by atoms with Crippen molar-refractivity contribution >= 4 is 22.8 Å². The Morgan fingerprint density at radius 1 is 1.35 bits per heavy atom. The highest BCUT2D eigenvalue weighted by molar-refractivity contribution is 5.99. The number of carbonyl (C=O) groups excluding carboxylic acids is 1. The minimum atomic E-state index is -1.03. The second kappa shape index (κ2) is 6.75. The van der Waals surface area contributed by atoms with Crippen LogP contribution in [0.5, 0.6) is 0 Å². The summed E-state index contributed by atoms with van der Waals surface area (Å²) in [5.41, 5.74) is 1.22. The molecule has 1 fully saturated rings. The van der Waals surface area contributed by atoms with Gasteiger partial charge in [0.05, 0.1) is 12.1 Å². The van der Waals surface area contributed by atoms with Gasteiger partial charge in [0, 0.05) is 29.7 Å². The highest BCUT2D eigenvalue weighted by Crippen LogP contribution is 2.19. The van der Waals surface area contributed by atoms with Gasteiger partial charge in [-0.3, -0.25) is 9.78 Å². The molecule has 0 bridgehead atoms. The number of amides is 1. The van der Waals surface area contributed by atoms with Crippen molar-refractivity contribution in [3.63, 3.8) is 0 Å². The van der Waals surface area contributed by atoms with Gasteiger partial charge in [-0.2, -0.15) is 0 Å². The van der Waals surface area contributed by atoms with E-state index in [0.29, 0.717) is 18.8 Å². The molecule has 23 heavy (non-hydrogen) atoms. The Kier molecular flexibility index (Phi) is 4.52. The molecule has 1 amide bonds. The molecule has 6 heteroatoms. The van der Waals surface area contributed by atoms with Gasteiger partial charge in [-0.15, -0.1) is 0 Å². The number of pyridine rings is 1. The Hall–Kier alpha value is -2.47. The van der Waals surface area contributed by atoms with Crippen molar-refractivity contribution in [3.8, 4) is 0 Å². The van der Waals surface area contributed by atoms with Crippen molar-refractivity contribution in [1.82, 2.24) is 10.3 Å². The molecule has 2 N–H and O–H groups in total. The van der Waals surface area contributed by atoms with Crippen LogP contribution in [-0.2, 0) is 9.53 Å². The van der Waals surface area contributed by atoms with Crippen molar-refractivity contribution in [2.75, 3.05) is 13.2 Å². The van der Waals surface area contributed by atoms with E-state index in [2.05, 4.69) is 10.3 Å². The Bertz CT molecular complexity index is 725. The van der Waals surface area contributed by atoms with Crippen LogP contribution in [0.1, 0.15) is 23.2 Å². The molecule has 2 unspecified atom stereocenters. The van der Waals surface area contributed by atoms with Crippen LogP contribution >= 0.6 is 0 Å². The van der Waals surface area contributed by atoms with Gasteiger partial charge in [0.2, 0.25) is 0 Å². The fourth-order valence-corrected chi connectivity index (χ4v) is 2.85. The highest BCUT2D eigenvalue weighted by Gasteiger charge is 2.31. The third kappa shape index (κ3) is 3.48. The van der Waals surface area contributed by atoms with Gasteiger partial charge in [0.1, 0.15) is 6.04 Å². The summed E-state index contributed by atoms with van der Waals surface area (Å²) in [6.07, 6.45) is 3.23. The van der Waals surface area contributed by atoms with Crippen LogP contribution in [0.4, 0.5) is 0 Å². The lowest BCUT2D eigenvalue weighted by atomic mass is 9.93. The van der Waals surface area contributed by atoms with Gasteiger partial charge >= 0.3 is 5.97 Å². The van der Waals surface area contributed by atoms with E-state index >= 15 is 0 Å². The van der Waals surface area contributed by atoms with Gasteiger partial charge < -0.3 is 15.2 Å². The number of aliphatic carboxylic acids is 1. The number of rotatable bonds is 4. The number of carboxylic acids is 1. The van der Waals surface area contributed by atoms with E-state index in [4.69, 9.17) is 4.74 Å². The number of carbonyl (C=O) groups is 2. The molecule has 120 valence electrons. The van der Waals surface area contributed by atoms with E-state index < -0.39 is 17.9 Å². The average molecular weight is 314 g/mol. The molecule has 1 aliphatic rings. The van der Waals surface area contributed by atoms with E-state index in [1.807, 2.05) is 6.07 Å². The Labute approximate surface area is 133 Å². The van der Waals surface area contributed by atoms with Crippen LogP contribution in [0.15, 0.2) is 36.5 Å². The first-order chi connectivity index (χ1) is 11.1. The number of carboxylic acid groups (broad SMARTS) is 1. The van der Waals surface area contributed by atoms with Crippen LogP contribution in [0, 0.1) is 5.92 Å². The molecule has 3 rings (SSSR count). The standard InChI is InChI=1S/C17H18N2O4/c20-16(12-5-6-14-11(9-12)3-1-7-18-14)19-15(17(21)22)13-4-2-8-23-10-13/h1,3,5-7,9,13,15H,2,4,8,10H2,(H,19,20)(H,21,22). The van der Waals surface area contributed by atoms with Crippen molar-refractivity contribution in [3.05, 3.63) is 42.1 Å². The molecule has 1 saturated heterocycles. The molecular weight excluding hydrogens is 296 g/mol. The number of hydrogen-bond acceptors (Lipinski definition) is 4. The molecule has 2 atom stereocenters. The zero-order valence-electron chi connectivity index (χ0n) is 12.6. The minimum absolute atomic E-state index is 0.202. The summed E-state index contributed by atoms with van der Waals surface area (Å²) in [5, 5.41) is 12.9. The number of benzene rings is 1. The number of aromatic nitrogens is 1. The summed E-state index contributed by atoms with van der Waals surface area (Å²) in [5.74, 6) is -1.63. The maximum Gasteiger partial charge on any atom is 0.326 e. The molecular formula is C17H18N2O4. The van der Waals surface area contributed by atoms with Crippen LogP contribution < -0.4 is 5.32 Å². The molecule has 0 radical (unpaired) electrons. The van der Waals surface area contributed by atoms with Crippen molar-refractivity contribution in [2.24, 2.45) is 5.92 Å². The maximum absolute atomic E-state index is 12.4. The van der Waals surface area contributed by atoms with Crippen molar-refractivity contribution in [1.29, 1.82) is 0 Å². The van der Waals surface area contributed by atoms with Crippen molar-refractivity contribution in [2.45, 2.75) is 18.9 Å². The van der Waals surface area contributed by atoms with Gasteiger partial charge in [-0.1, -0.05) is 6.07 Å². The molecule has 0 aliphatic carbocycles. The minimum Gasteiger partial charge on any atom is -0.480 e. The van der Waals surface area contributed by atoms with Gasteiger partial charge in [-0.05, 0) is 37.1 Å². The first-order valence-corrected chi connectivity index (χ1v) is 7.61. The molecule has 0 spiro atoms. The lowest BCUT2D eigenvalue weighted by molar-refractivity contribution is -0.142. The fraction of sp³-hybridized carbons (Fsp3) is 0.353. The molecule has 1 aromatic carbocycles. The second-order valence-electron chi connectivity index (χ2n) is 5.68. The summed E-state index contributed by atoms with van der Waals surface area (Å²) < 4.78 is 5.34. The summed E-state index contributed by atoms with van der Waals surface area (Å²) in [4.78, 5) is 28.1. The first kappa shape index (κ1) is 15.4. The zero-order chi connectivity index (χ0) is 16.2. The highest BCUT2D eigenvalue weighted by atomic mass is 16.5. The van der Waals surface area contributed by atoms with Crippen LogP contribution in [0.25, 0.3) is 10.9 Å². The van der Waals surface area contributed by atoms with Crippen LogP contribution in [-0.4, -0.2) is 41.2 Å². The first-order valence-electron chi connectivity index (χ1n) is 7.61. The van der Waals surface area contributed by atoms with Gasteiger partial charge in [-0.25, -0.2) is 4.79 Å². The number of fused-ring (bicyclic) bond motifs is 1. The Morgan fingerprint density at radius 2 is 2.22 bits per heavy atom. The Balaban J connectivity index is 1.78.